The van der Waals surface area contributed by atoms with Crippen LogP contribution in [0.15, 0.2) is 23.2 Å². The highest BCUT2D eigenvalue weighted by atomic mass is 35.5. The molecule has 0 aromatic heterocycles. The van der Waals surface area contributed by atoms with Crippen LogP contribution in [0.5, 0.6) is 0 Å². The summed E-state index contributed by atoms with van der Waals surface area (Å²) >= 11 is 5.88. The maximum atomic E-state index is 11.9. The lowest BCUT2D eigenvalue weighted by molar-refractivity contribution is -0.118. The maximum absolute atomic E-state index is 11.9. The molecule has 0 aliphatic rings. The number of nitrogens with two attached hydrogens (primary N) is 1. The maximum Gasteiger partial charge on any atom is 0.408 e. The zero-order valence-electron chi connectivity index (χ0n) is 10.4. The van der Waals surface area contributed by atoms with Crippen molar-refractivity contribution in [2.24, 2.45) is 10.7 Å². The van der Waals surface area contributed by atoms with E-state index in [2.05, 4.69) is 10.3 Å². The summed E-state index contributed by atoms with van der Waals surface area (Å²) in [4.78, 5) is 14.5. The number of nitrogens with one attached hydrogen (secondary N) is 2. The van der Waals surface area contributed by atoms with Crippen LogP contribution in [0.25, 0.3) is 0 Å². The van der Waals surface area contributed by atoms with Crippen LogP contribution in [0.4, 0.5) is 23.7 Å². The normalized spacial score (nSPS) is 12.2. The van der Waals surface area contributed by atoms with Crippen molar-refractivity contribution in [3.63, 3.8) is 0 Å². The molecule has 0 unspecified atom stereocenters. The van der Waals surface area contributed by atoms with E-state index in [1.165, 1.54) is 0 Å². The third-order valence-electron chi connectivity index (χ3n) is 2.13. The van der Waals surface area contributed by atoms with Crippen molar-refractivity contribution in [3.05, 3.63) is 28.8 Å². The molecule has 110 valence electrons. The zero-order valence-corrected chi connectivity index (χ0v) is 11.1. The van der Waals surface area contributed by atoms with Crippen LogP contribution in [0, 0.1) is 6.92 Å². The van der Waals surface area contributed by atoms with Gasteiger partial charge in [-0.2, -0.15) is 13.2 Å². The number of carbonyl (C=O) groups excluding carboxylic acids is 1. The Morgan fingerprint density at radius 2 is 2.10 bits per heavy atom. The van der Waals surface area contributed by atoms with Crippen LogP contribution in [0.2, 0.25) is 5.02 Å². The molecule has 0 aliphatic carbocycles. The Hall–Kier alpha value is -1.96. The van der Waals surface area contributed by atoms with Gasteiger partial charge in [-0.15, -0.1) is 0 Å². The van der Waals surface area contributed by atoms with Gasteiger partial charge < -0.3 is 11.1 Å². The van der Waals surface area contributed by atoms with E-state index < -0.39 is 24.7 Å². The molecule has 1 aromatic carbocycles. The van der Waals surface area contributed by atoms with Crippen molar-refractivity contribution in [1.82, 2.24) is 5.32 Å². The molecule has 0 saturated carbocycles. The molecule has 0 bridgehead atoms. The lowest BCUT2D eigenvalue weighted by Gasteiger charge is -2.11. The van der Waals surface area contributed by atoms with E-state index in [0.717, 1.165) is 0 Å². The first-order chi connectivity index (χ1) is 9.19. The Morgan fingerprint density at radius 1 is 1.45 bits per heavy atom. The zero-order chi connectivity index (χ0) is 15.3. The second-order valence-electron chi connectivity index (χ2n) is 3.83. The first-order valence-corrected chi connectivity index (χ1v) is 5.76. The lowest BCUT2D eigenvalue weighted by atomic mass is 10.2. The van der Waals surface area contributed by atoms with E-state index in [4.69, 9.17) is 17.3 Å². The number of anilines is 1. The number of halogens is 4. The molecule has 20 heavy (non-hydrogen) atoms. The first-order valence-electron chi connectivity index (χ1n) is 5.39. The Morgan fingerprint density at radius 3 is 2.65 bits per heavy atom. The van der Waals surface area contributed by atoms with Gasteiger partial charge in [0.25, 0.3) is 0 Å². The highest BCUT2D eigenvalue weighted by Crippen LogP contribution is 2.24. The monoisotopic (exact) mass is 308 g/mol. The molecule has 9 heteroatoms. The second kappa shape index (κ2) is 6.47. The minimum absolute atomic E-state index is 0.297. The van der Waals surface area contributed by atoms with Gasteiger partial charge in [0.1, 0.15) is 6.54 Å². The number of guanidine groups is 1. The fourth-order valence-corrected chi connectivity index (χ4v) is 1.53. The predicted octanol–water partition coefficient (Wildman–Crippen LogP) is 2.65. The Bertz CT molecular complexity index is 511. The summed E-state index contributed by atoms with van der Waals surface area (Å²) in [5.74, 6) is -0.635. The number of aliphatic imine (C=N–C) groups is 1. The number of hydrogen-bond acceptors (Lipinski definition) is 2. The predicted molar refractivity (Wildman–Crippen MR) is 70.9 cm³/mol. The molecule has 1 rings (SSSR count). The van der Waals surface area contributed by atoms with Gasteiger partial charge in [0.15, 0.2) is 5.96 Å². The van der Waals surface area contributed by atoms with E-state index in [0.29, 0.717) is 16.3 Å². The Kier molecular flexibility index (Phi) is 5.20. The molecule has 0 radical (unpaired) electrons. The molecule has 2 amide bonds. The van der Waals surface area contributed by atoms with E-state index in [-0.39, 0.29) is 0 Å². The van der Waals surface area contributed by atoms with E-state index >= 15 is 0 Å². The van der Waals surface area contributed by atoms with Crippen LogP contribution in [-0.4, -0.2) is 24.7 Å². The number of aryl methyl sites for hydroxylation is 1. The molecule has 5 nitrogen and oxygen atoms in total. The van der Waals surface area contributed by atoms with Gasteiger partial charge in [-0.25, -0.2) is 9.79 Å². The van der Waals surface area contributed by atoms with Crippen LogP contribution >= 0.6 is 11.6 Å². The average molecular weight is 309 g/mol. The molecule has 0 heterocycles. The highest BCUT2D eigenvalue weighted by molar-refractivity contribution is 6.34. The summed E-state index contributed by atoms with van der Waals surface area (Å²) in [5, 5.41) is 4.65. The van der Waals surface area contributed by atoms with Gasteiger partial charge in [0.2, 0.25) is 0 Å². The van der Waals surface area contributed by atoms with E-state index in [9.17, 15) is 18.0 Å². The lowest BCUT2D eigenvalue weighted by Crippen LogP contribution is -2.40. The van der Waals surface area contributed by atoms with Crippen molar-refractivity contribution in [3.8, 4) is 0 Å². The topological polar surface area (TPSA) is 79.5 Å². The molecule has 4 N–H and O–H groups in total. The molecule has 0 saturated heterocycles. The third-order valence-corrected chi connectivity index (χ3v) is 2.45. The summed E-state index contributed by atoms with van der Waals surface area (Å²) in [6.07, 6.45) is -4.48. The SMILES string of the molecule is Cc1cccc(Cl)c1NC(=O)NC(N)=NCC(F)(F)F. The quantitative estimate of drug-likeness (QED) is 0.580. The van der Waals surface area contributed by atoms with Crippen LogP contribution < -0.4 is 16.4 Å². The number of alkyl halides is 3. The largest absolute Gasteiger partial charge is 0.408 e. The van der Waals surface area contributed by atoms with Crippen molar-refractivity contribution in [2.45, 2.75) is 13.1 Å². The van der Waals surface area contributed by atoms with E-state index in [1.807, 2.05) is 5.32 Å². The van der Waals surface area contributed by atoms with Gasteiger partial charge in [-0.3, -0.25) is 5.32 Å². The number of rotatable bonds is 2. The van der Waals surface area contributed by atoms with Gasteiger partial charge in [0.05, 0.1) is 10.7 Å². The number of hydrogen-bond donors (Lipinski definition) is 3. The number of para-hydroxylation sites is 1. The first kappa shape index (κ1) is 16.1. The molecule has 0 spiro atoms. The number of benzene rings is 1. The summed E-state index contributed by atoms with van der Waals surface area (Å²) in [6, 6.07) is 4.14. The number of carbonyl (C=O) groups is 1. The standard InChI is InChI=1S/C11H12ClF3N4O/c1-6-3-2-4-7(12)8(6)18-10(20)19-9(16)17-5-11(13,14)15/h2-4H,5H2,1H3,(H4,16,17,18,19,20). The van der Waals surface area contributed by atoms with Crippen molar-refractivity contribution in [2.75, 3.05) is 11.9 Å². The molecule has 0 fully saturated rings. The van der Waals surface area contributed by atoms with Gasteiger partial charge in [-0.05, 0) is 18.6 Å². The molecule has 1 aromatic rings. The summed E-state index contributed by atoms with van der Waals surface area (Å²) in [5.41, 5.74) is 6.19. The highest BCUT2D eigenvalue weighted by Gasteiger charge is 2.26. The molecule has 0 aliphatic heterocycles. The minimum atomic E-state index is -4.48. The van der Waals surface area contributed by atoms with Gasteiger partial charge >= 0.3 is 12.2 Å². The van der Waals surface area contributed by atoms with Crippen LogP contribution in [0.1, 0.15) is 5.56 Å². The third kappa shape index (κ3) is 5.35. The Balaban J connectivity index is 2.64. The van der Waals surface area contributed by atoms with Gasteiger partial charge in [0, 0.05) is 0 Å². The van der Waals surface area contributed by atoms with Crippen LogP contribution in [-0.2, 0) is 0 Å². The van der Waals surface area contributed by atoms with Crippen molar-refractivity contribution < 1.29 is 18.0 Å². The fourth-order valence-electron chi connectivity index (χ4n) is 1.27. The number of amides is 2. The molecular formula is C11H12ClF3N4O. The number of urea groups is 1. The summed E-state index contributed by atoms with van der Waals surface area (Å²) in [7, 11) is 0. The van der Waals surface area contributed by atoms with Crippen LogP contribution in [0.3, 0.4) is 0 Å². The number of nitrogens with zero attached hydrogens (tertiary/aromatic N) is 1. The van der Waals surface area contributed by atoms with Crippen molar-refractivity contribution in [1.29, 1.82) is 0 Å². The summed E-state index contributed by atoms with van der Waals surface area (Å²) in [6.45, 7) is 0.243. The van der Waals surface area contributed by atoms with Gasteiger partial charge in [-0.1, -0.05) is 23.7 Å². The minimum Gasteiger partial charge on any atom is -0.370 e. The average Bonchev–Trinajstić information content (AvgIpc) is 2.31. The fraction of sp³-hybridized carbons (Fsp3) is 0.273. The summed E-state index contributed by atoms with van der Waals surface area (Å²) < 4.78 is 35.7. The Labute approximate surface area is 118 Å². The molecular weight excluding hydrogens is 297 g/mol. The van der Waals surface area contributed by atoms with Crippen molar-refractivity contribution >= 4 is 29.3 Å². The molecule has 0 atom stereocenters. The van der Waals surface area contributed by atoms with E-state index in [1.54, 1.807) is 25.1 Å². The second-order valence-corrected chi connectivity index (χ2v) is 4.23. The smallest absolute Gasteiger partial charge is 0.370 e.